The molecule has 1 saturated heterocycles. The molecule has 2 heterocycles. The number of carboxylic acids is 1. The van der Waals surface area contributed by atoms with Crippen LogP contribution in [0.5, 0.6) is 0 Å². The number of aromatic nitrogens is 1. The van der Waals surface area contributed by atoms with Crippen molar-refractivity contribution in [2.45, 2.75) is 12.5 Å². The Balaban J connectivity index is 2.27. The lowest BCUT2D eigenvalue weighted by molar-refractivity contribution is -0.149. The van der Waals surface area contributed by atoms with Crippen LogP contribution in [0.1, 0.15) is 6.42 Å². The molecule has 17 heavy (non-hydrogen) atoms. The highest BCUT2D eigenvalue weighted by Gasteiger charge is 2.52. The van der Waals surface area contributed by atoms with Gasteiger partial charge < -0.3 is 9.90 Å². The molecule has 1 fully saturated rings. The lowest BCUT2D eigenvalue weighted by Crippen LogP contribution is -2.65. The number of carboxylic acid groups (broad SMARTS) is 1. The van der Waals surface area contributed by atoms with Crippen LogP contribution in [0.4, 0.5) is 5.82 Å². The topological polar surface area (TPSA) is 87.6 Å². The van der Waals surface area contributed by atoms with Gasteiger partial charge in [-0.2, -0.15) is 0 Å². The highest BCUT2D eigenvalue weighted by atomic mass is 16.4. The van der Waals surface area contributed by atoms with Crippen molar-refractivity contribution < 1.29 is 19.5 Å². The van der Waals surface area contributed by atoms with Gasteiger partial charge in [-0.25, -0.2) is 9.78 Å². The molecule has 6 nitrogen and oxygen atoms in total. The molecule has 0 bridgehead atoms. The minimum absolute atomic E-state index is 0.0703. The summed E-state index contributed by atoms with van der Waals surface area (Å²) in [6.07, 6.45) is 1.97. The second-order valence-electron chi connectivity index (χ2n) is 3.69. The van der Waals surface area contributed by atoms with E-state index in [9.17, 15) is 14.4 Å². The predicted molar refractivity (Wildman–Crippen MR) is 57.3 cm³/mol. The Morgan fingerprint density at radius 2 is 2.29 bits per heavy atom. The standard InChI is InChI=1S/C11H10N2O4/c14-6-4-7-9(11(16)17)13(10(7)15)8-3-1-2-5-12-8/h1-3,5-7,9H,4H2,(H,16,17). The molecule has 0 aliphatic carbocycles. The molecule has 1 aromatic rings. The monoisotopic (exact) mass is 234 g/mol. The van der Waals surface area contributed by atoms with Gasteiger partial charge in [0.25, 0.3) is 0 Å². The molecule has 1 N–H and O–H groups in total. The lowest BCUT2D eigenvalue weighted by atomic mass is 9.85. The molecule has 1 aliphatic heterocycles. The fourth-order valence-electron chi connectivity index (χ4n) is 1.92. The van der Waals surface area contributed by atoms with Crippen LogP contribution in [0.3, 0.4) is 0 Å². The third kappa shape index (κ3) is 1.77. The Hall–Kier alpha value is -2.24. The van der Waals surface area contributed by atoms with Crippen molar-refractivity contribution >= 4 is 24.0 Å². The number of carbonyl (C=O) groups is 3. The zero-order valence-corrected chi connectivity index (χ0v) is 8.81. The van der Waals surface area contributed by atoms with Crippen LogP contribution in [0, 0.1) is 5.92 Å². The third-order valence-electron chi connectivity index (χ3n) is 2.71. The number of pyridine rings is 1. The van der Waals surface area contributed by atoms with Gasteiger partial charge in [0, 0.05) is 12.6 Å². The summed E-state index contributed by atoms with van der Waals surface area (Å²) in [5.74, 6) is -1.97. The van der Waals surface area contributed by atoms with Crippen molar-refractivity contribution in [1.82, 2.24) is 4.98 Å². The van der Waals surface area contributed by atoms with Crippen LogP contribution in [0.2, 0.25) is 0 Å². The smallest absolute Gasteiger partial charge is 0.327 e. The van der Waals surface area contributed by atoms with Crippen LogP contribution in [-0.2, 0) is 14.4 Å². The van der Waals surface area contributed by atoms with Gasteiger partial charge in [0.05, 0.1) is 5.92 Å². The van der Waals surface area contributed by atoms with E-state index in [1.165, 1.54) is 6.20 Å². The van der Waals surface area contributed by atoms with E-state index in [2.05, 4.69) is 4.98 Å². The van der Waals surface area contributed by atoms with E-state index in [0.29, 0.717) is 12.1 Å². The van der Waals surface area contributed by atoms with Gasteiger partial charge in [0.15, 0.2) is 0 Å². The number of carbonyl (C=O) groups excluding carboxylic acids is 2. The predicted octanol–water partition coefficient (Wildman–Crippen LogP) is 0.0866. The molecular formula is C11H10N2O4. The summed E-state index contributed by atoms with van der Waals surface area (Å²) in [5.41, 5.74) is 0. The Morgan fingerprint density at radius 1 is 1.53 bits per heavy atom. The largest absolute Gasteiger partial charge is 0.480 e. The molecule has 1 aromatic heterocycles. The number of aliphatic carboxylic acids is 1. The Labute approximate surface area is 96.9 Å². The molecular weight excluding hydrogens is 224 g/mol. The summed E-state index contributed by atoms with van der Waals surface area (Å²) < 4.78 is 0. The minimum atomic E-state index is -1.12. The summed E-state index contributed by atoms with van der Waals surface area (Å²) in [5, 5.41) is 9.04. The first-order chi connectivity index (χ1) is 8.16. The summed E-state index contributed by atoms with van der Waals surface area (Å²) in [4.78, 5) is 38.2. The van der Waals surface area contributed by atoms with E-state index in [-0.39, 0.29) is 12.3 Å². The highest BCUT2D eigenvalue weighted by molar-refractivity contribution is 6.10. The van der Waals surface area contributed by atoms with Gasteiger partial charge >= 0.3 is 5.97 Å². The van der Waals surface area contributed by atoms with Crippen molar-refractivity contribution in [1.29, 1.82) is 0 Å². The maximum atomic E-state index is 11.7. The van der Waals surface area contributed by atoms with Gasteiger partial charge in [0.1, 0.15) is 18.1 Å². The maximum absolute atomic E-state index is 11.7. The van der Waals surface area contributed by atoms with Gasteiger partial charge in [-0.15, -0.1) is 0 Å². The number of amides is 1. The Bertz CT molecular complexity index is 460. The first kappa shape index (κ1) is 11.3. The summed E-state index contributed by atoms with van der Waals surface area (Å²) in [7, 11) is 0. The quantitative estimate of drug-likeness (QED) is 0.589. The molecule has 1 aliphatic rings. The molecule has 0 aromatic carbocycles. The van der Waals surface area contributed by atoms with Crippen LogP contribution < -0.4 is 4.90 Å². The van der Waals surface area contributed by atoms with Crippen molar-refractivity contribution in [2.75, 3.05) is 4.90 Å². The zero-order valence-electron chi connectivity index (χ0n) is 8.81. The first-order valence-electron chi connectivity index (χ1n) is 5.07. The average molecular weight is 234 g/mol. The summed E-state index contributed by atoms with van der Waals surface area (Å²) in [6, 6.07) is 3.90. The molecule has 0 spiro atoms. The van der Waals surface area contributed by atoms with Gasteiger partial charge in [-0.1, -0.05) is 6.07 Å². The second-order valence-corrected chi connectivity index (χ2v) is 3.69. The second kappa shape index (κ2) is 4.32. The molecule has 0 radical (unpaired) electrons. The third-order valence-corrected chi connectivity index (χ3v) is 2.71. The van der Waals surface area contributed by atoms with Crippen molar-refractivity contribution in [2.24, 2.45) is 5.92 Å². The SMILES string of the molecule is O=CCC1C(=O)N(c2ccccn2)C1C(=O)O. The fraction of sp³-hybridized carbons (Fsp3) is 0.273. The van der Waals surface area contributed by atoms with Crippen LogP contribution in [-0.4, -0.2) is 34.3 Å². The number of hydrogen-bond donors (Lipinski definition) is 1. The number of β-lactam (4-membered cyclic amide) rings is 1. The number of anilines is 1. The molecule has 1 amide bonds. The highest BCUT2D eigenvalue weighted by Crippen LogP contribution is 2.32. The molecule has 2 atom stereocenters. The van der Waals surface area contributed by atoms with Crippen LogP contribution in [0.25, 0.3) is 0 Å². The molecule has 2 rings (SSSR count). The summed E-state index contributed by atoms with van der Waals surface area (Å²) >= 11 is 0. The zero-order chi connectivity index (χ0) is 12.4. The average Bonchev–Trinajstić information content (AvgIpc) is 2.33. The van der Waals surface area contributed by atoms with Gasteiger partial charge in [-0.05, 0) is 12.1 Å². The van der Waals surface area contributed by atoms with E-state index in [0.717, 1.165) is 4.90 Å². The molecule has 88 valence electrons. The molecule has 0 saturated carbocycles. The normalized spacial score (nSPS) is 23.1. The van der Waals surface area contributed by atoms with Crippen molar-refractivity contribution in [3.63, 3.8) is 0 Å². The number of rotatable bonds is 4. The van der Waals surface area contributed by atoms with E-state index in [1.807, 2.05) is 0 Å². The van der Waals surface area contributed by atoms with Crippen LogP contribution >= 0.6 is 0 Å². The molecule has 2 unspecified atom stereocenters. The molecule has 6 heteroatoms. The Kier molecular flexibility index (Phi) is 2.86. The lowest BCUT2D eigenvalue weighted by Gasteiger charge is -2.42. The Morgan fingerprint density at radius 3 is 2.82 bits per heavy atom. The van der Waals surface area contributed by atoms with E-state index >= 15 is 0 Å². The number of hydrogen-bond acceptors (Lipinski definition) is 4. The van der Waals surface area contributed by atoms with Crippen LogP contribution in [0.15, 0.2) is 24.4 Å². The van der Waals surface area contributed by atoms with Gasteiger partial charge in [0.2, 0.25) is 5.91 Å². The summed E-state index contributed by atoms with van der Waals surface area (Å²) in [6.45, 7) is 0. The minimum Gasteiger partial charge on any atom is -0.480 e. The van der Waals surface area contributed by atoms with E-state index in [4.69, 9.17) is 5.11 Å². The van der Waals surface area contributed by atoms with Crippen molar-refractivity contribution in [3.8, 4) is 0 Å². The number of aldehydes is 1. The van der Waals surface area contributed by atoms with E-state index in [1.54, 1.807) is 18.2 Å². The maximum Gasteiger partial charge on any atom is 0.327 e. The first-order valence-corrected chi connectivity index (χ1v) is 5.07. The van der Waals surface area contributed by atoms with Gasteiger partial charge in [-0.3, -0.25) is 9.69 Å². The van der Waals surface area contributed by atoms with Crippen molar-refractivity contribution in [3.05, 3.63) is 24.4 Å². The fourth-order valence-corrected chi connectivity index (χ4v) is 1.92. The van der Waals surface area contributed by atoms with E-state index < -0.39 is 17.9 Å². The number of nitrogens with zero attached hydrogens (tertiary/aromatic N) is 2.